The van der Waals surface area contributed by atoms with Crippen molar-refractivity contribution >= 4 is 40.6 Å². The van der Waals surface area contributed by atoms with Gasteiger partial charge in [-0.1, -0.05) is 23.2 Å². The highest BCUT2D eigenvalue weighted by molar-refractivity contribution is 6.39. The topological polar surface area (TPSA) is 98.5 Å². The maximum atomic E-state index is 12.6. The van der Waals surface area contributed by atoms with Crippen LogP contribution in [-0.4, -0.2) is 29.3 Å². The number of carbonyl (C=O) groups is 2. The number of benzene rings is 1. The molecule has 0 atom stereocenters. The minimum absolute atomic E-state index is 0.0847. The lowest BCUT2D eigenvalue weighted by Crippen LogP contribution is -2.21. The van der Waals surface area contributed by atoms with Crippen molar-refractivity contribution in [3.8, 4) is 0 Å². The molecule has 7 nitrogen and oxygen atoms in total. The second-order valence-corrected chi connectivity index (χ2v) is 5.90. The SMILES string of the molecule is CCOC(=O)C(=CNC1CC1)C(=O)c1cc([N+](=O)[O-])c(Cl)cc1Cl. The van der Waals surface area contributed by atoms with Crippen LogP contribution >= 0.6 is 23.2 Å². The fourth-order valence-electron chi connectivity index (χ4n) is 1.87. The van der Waals surface area contributed by atoms with Crippen molar-refractivity contribution in [1.82, 2.24) is 5.32 Å². The van der Waals surface area contributed by atoms with Gasteiger partial charge in [-0.05, 0) is 25.8 Å². The van der Waals surface area contributed by atoms with Gasteiger partial charge in [0.1, 0.15) is 10.6 Å². The average Bonchev–Trinajstić information content (AvgIpc) is 3.31. The molecule has 0 heterocycles. The molecular weight excluding hydrogens is 359 g/mol. The van der Waals surface area contributed by atoms with Gasteiger partial charge >= 0.3 is 5.97 Å². The van der Waals surface area contributed by atoms with Crippen LogP contribution in [0.5, 0.6) is 0 Å². The van der Waals surface area contributed by atoms with E-state index in [-0.39, 0.29) is 33.8 Å². The van der Waals surface area contributed by atoms with E-state index in [1.165, 1.54) is 6.20 Å². The number of nitrogens with zero attached hydrogens (tertiary/aromatic N) is 1. The number of ketones is 1. The Balaban J connectivity index is 2.41. The largest absolute Gasteiger partial charge is 0.462 e. The minimum atomic E-state index is -0.829. The number of Topliss-reactive ketones (excluding diaryl/α,β-unsaturated/α-hetero) is 1. The van der Waals surface area contributed by atoms with E-state index in [1.54, 1.807) is 6.92 Å². The van der Waals surface area contributed by atoms with Gasteiger partial charge in [-0.15, -0.1) is 0 Å². The van der Waals surface area contributed by atoms with Crippen LogP contribution < -0.4 is 5.32 Å². The molecule has 0 spiro atoms. The summed E-state index contributed by atoms with van der Waals surface area (Å²) in [7, 11) is 0. The van der Waals surface area contributed by atoms with Gasteiger partial charge < -0.3 is 10.1 Å². The Bertz CT molecular complexity index is 729. The fourth-order valence-corrected chi connectivity index (χ4v) is 2.41. The number of esters is 1. The summed E-state index contributed by atoms with van der Waals surface area (Å²) in [5, 5.41) is 13.6. The van der Waals surface area contributed by atoms with Crippen molar-refractivity contribution < 1.29 is 19.2 Å². The van der Waals surface area contributed by atoms with Gasteiger partial charge in [-0.2, -0.15) is 0 Å². The standard InChI is InChI=1S/C15H14Cl2N2O5/c1-2-24-15(21)10(7-18-8-3-4-8)14(20)9-5-13(19(22)23)12(17)6-11(9)16/h5-8,18H,2-4H2,1H3. The summed E-state index contributed by atoms with van der Waals surface area (Å²) in [6.45, 7) is 1.69. The van der Waals surface area contributed by atoms with Crippen LogP contribution in [-0.2, 0) is 9.53 Å². The Labute approximate surface area is 147 Å². The predicted molar refractivity (Wildman–Crippen MR) is 88.3 cm³/mol. The maximum Gasteiger partial charge on any atom is 0.343 e. The molecule has 9 heteroatoms. The van der Waals surface area contributed by atoms with Gasteiger partial charge in [-0.25, -0.2) is 4.79 Å². The lowest BCUT2D eigenvalue weighted by Gasteiger charge is -2.09. The van der Waals surface area contributed by atoms with Crippen molar-refractivity contribution in [2.45, 2.75) is 25.8 Å². The Morgan fingerprint density at radius 2 is 2.04 bits per heavy atom. The second-order valence-electron chi connectivity index (χ2n) is 5.09. The molecule has 0 saturated heterocycles. The Hall–Kier alpha value is -2.12. The molecule has 1 aromatic rings. The first-order chi connectivity index (χ1) is 11.3. The highest BCUT2D eigenvalue weighted by Crippen LogP contribution is 2.32. The average molecular weight is 373 g/mol. The maximum absolute atomic E-state index is 12.6. The van der Waals surface area contributed by atoms with Gasteiger partial charge in [-0.3, -0.25) is 14.9 Å². The number of rotatable bonds is 7. The number of halogens is 2. The van der Waals surface area contributed by atoms with Crippen molar-refractivity contribution in [3.63, 3.8) is 0 Å². The van der Waals surface area contributed by atoms with Crippen LogP contribution in [0.3, 0.4) is 0 Å². The third-order valence-electron chi connectivity index (χ3n) is 3.26. The summed E-state index contributed by atoms with van der Waals surface area (Å²) < 4.78 is 4.87. The number of carbonyl (C=O) groups excluding carboxylic acids is 2. The lowest BCUT2D eigenvalue weighted by molar-refractivity contribution is -0.384. The highest BCUT2D eigenvalue weighted by Gasteiger charge is 2.28. The predicted octanol–water partition coefficient (Wildman–Crippen LogP) is 3.28. The van der Waals surface area contributed by atoms with Crippen LogP contribution in [0, 0.1) is 10.1 Å². The molecule has 24 heavy (non-hydrogen) atoms. The normalized spacial score (nSPS) is 14.2. The van der Waals surface area contributed by atoms with E-state index < -0.39 is 22.4 Å². The fraction of sp³-hybridized carbons (Fsp3) is 0.333. The van der Waals surface area contributed by atoms with Crippen LogP contribution in [0.15, 0.2) is 23.9 Å². The molecule has 1 N–H and O–H groups in total. The van der Waals surface area contributed by atoms with Crippen molar-refractivity contribution in [2.75, 3.05) is 6.61 Å². The molecule has 0 radical (unpaired) electrons. The third kappa shape index (κ3) is 4.24. The molecule has 1 fully saturated rings. The first-order valence-electron chi connectivity index (χ1n) is 7.16. The summed E-state index contributed by atoms with van der Waals surface area (Å²) in [5.74, 6) is -1.60. The zero-order valence-electron chi connectivity index (χ0n) is 12.7. The number of nitro benzene ring substituents is 1. The lowest BCUT2D eigenvalue weighted by atomic mass is 10.0. The molecule has 128 valence electrons. The summed E-state index contributed by atoms with van der Waals surface area (Å²) in [6.07, 6.45) is 3.15. The number of nitrogens with one attached hydrogen (secondary N) is 1. The smallest absolute Gasteiger partial charge is 0.343 e. The highest BCUT2D eigenvalue weighted by atomic mass is 35.5. The Morgan fingerprint density at radius 3 is 2.58 bits per heavy atom. The van der Waals surface area contributed by atoms with E-state index in [9.17, 15) is 19.7 Å². The van der Waals surface area contributed by atoms with Crippen LogP contribution in [0.4, 0.5) is 5.69 Å². The third-order valence-corrected chi connectivity index (χ3v) is 3.87. The summed E-state index contributed by atoms with van der Waals surface area (Å²) in [5.41, 5.74) is -0.935. The molecule has 1 aromatic carbocycles. The van der Waals surface area contributed by atoms with Crippen molar-refractivity contribution in [2.24, 2.45) is 0 Å². The zero-order chi connectivity index (χ0) is 17.9. The Kier molecular flexibility index (Phi) is 5.80. The monoisotopic (exact) mass is 372 g/mol. The minimum Gasteiger partial charge on any atom is -0.462 e. The van der Waals surface area contributed by atoms with Gasteiger partial charge in [0.2, 0.25) is 5.78 Å². The van der Waals surface area contributed by atoms with Crippen molar-refractivity contribution in [3.05, 3.63) is 49.6 Å². The summed E-state index contributed by atoms with van der Waals surface area (Å²) in [6, 6.07) is 2.26. The van der Waals surface area contributed by atoms with E-state index in [4.69, 9.17) is 27.9 Å². The first-order valence-corrected chi connectivity index (χ1v) is 7.92. The van der Waals surface area contributed by atoms with E-state index in [1.807, 2.05) is 0 Å². The van der Waals surface area contributed by atoms with E-state index >= 15 is 0 Å². The van der Waals surface area contributed by atoms with Gasteiger partial charge in [0.25, 0.3) is 5.69 Å². The number of hydrogen-bond acceptors (Lipinski definition) is 6. The molecule has 2 rings (SSSR count). The molecule has 1 saturated carbocycles. The van der Waals surface area contributed by atoms with Crippen LogP contribution in [0.25, 0.3) is 0 Å². The molecule has 0 aliphatic heterocycles. The van der Waals surface area contributed by atoms with Gasteiger partial charge in [0.05, 0.1) is 16.6 Å². The van der Waals surface area contributed by atoms with E-state index in [0.717, 1.165) is 25.0 Å². The molecule has 0 bridgehead atoms. The summed E-state index contributed by atoms with van der Waals surface area (Å²) >= 11 is 11.7. The second kappa shape index (κ2) is 7.63. The van der Waals surface area contributed by atoms with Crippen molar-refractivity contribution in [1.29, 1.82) is 0 Å². The molecule has 0 amide bonds. The number of nitro groups is 1. The zero-order valence-corrected chi connectivity index (χ0v) is 14.2. The van der Waals surface area contributed by atoms with Crippen LogP contribution in [0.1, 0.15) is 30.1 Å². The molecule has 0 aromatic heterocycles. The summed E-state index contributed by atoms with van der Waals surface area (Å²) in [4.78, 5) is 34.9. The van der Waals surface area contributed by atoms with Gasteiger partial charge in [0.15, 0.2) is 0 Å². The van der Waals surface area contributed by atoms with Gasteiger partial charge in [0, 0.05) is 23.9 Å². The number of ether oxygens (including phenoxy) is 1. The van der Waals surface area contributed by atoms with E-state index in [2.05, 4.69) is 5.32 Å². The molecule has 1 aliphatic rings. The molecule has 0 unspecified atom stereocenters. The Morgan fingerprint density at radius 1 is 1.38 bits per heavy atom. The van der Waals surface area contributed by atoms with E-state index in [0.29, 0.717) is 0 Å². The molecular formula is C15H14Cl2N2O5. The number of hydrogen-bond donors (Lipinski definition) is 1. The first kappa shape index (κ1) is 18.2. The molecule has 1 aliphatic carbocycles. The van der Waals surface area contributed by atoms with Crippen LogP contribution in [0.2, 0.25) is 10.0 Å². The quantitative estimate of drug-likeness (QED) is 0.150.